The van der Waals surface area contributed by atoms with Crippen molar-refractivity contribution < 1.29 is 4.79 Å². The number of rotatable bonds is 5. The minimum absolute atomic E-state index is 0.0235. The summed E-state index contributed by atoms with van der Waals surface area (Å²) in [5.41, 5.74) is 0. The van der Waals surface area contributed by atoms with Crippen molar-refractivity contribution in [3.8, 4) is 0 Å². The van der Waals surface area contributed by atoms with Crippen LogP contribution in [-0.4, -0.2) is 17.3 Å². The summed E-state index contributed by atoms with van der Waals surface area (Å²) in [4.78, 5) is 11.2. The number of carbonyl (C=O) groups is 1. The van der Waals surface area contributed by atoms with Gasteiger partial charge in [0.25, 0.3) is 0 Å². The topological polar surface area (TPSA) is 29.1 Å². The molecule has 0 heterocycles. The van der Waals surface area contributed by atoms with Gasteiger partial charge in [0.1, 0.15) is 0 Å². The number of halogens is 1. The van der Waals surface area contributed by atoms with Gasteiger partial charge in [0.2, 0.25) is 5.91 Å². The van der Waals surface area contributed by atoms with E-state index in [1.54, 1.807) is 0 Å². The fourth-order valence-electron chi connectivity index (χ4n) is 0.780. The summed E-state index contributed by atoms with van der Waals surface area (Å²) in [5, 5.41) is 2.88. The van der Waals surface area contributed by atoms with Crippen LogP contribution in [0, 0.1) is 5.92 Å². The van der Waals surface area contributed by atoms with Crippen LogP contribution in [0.5, 0.6) is 0 Å². The molecule has 0 aromatic rings. The van der Waals surface area contributed by atoms with Crippen LogP contribution in [-0.2, 0) is 4.79 Å². The van der Waals surface area contributed by atoms with Gasteiger partial charge in [-0.15, -0.1) is 0 Å². The Hall–Kier alpha value is -0.0500. The number of alkyl halides is 1. The third kappa shape index (κ3) is 5.58. The second kappa shape index (κ2) is 6.46. The summed E-state index contributed by atoms with van der Waals surface area (Å²) in [6.07, 6.45) is 1.89. The lowest BCUT2D eigenvalue weighted by Gasteiger charge is -2.09. The molecule has 0 aliphatic carbocycles. The van der Waals surface area contributed by atoms with E-state index < -0.39 is 0 Å². The number of carbonyl (C=O) groups excluding carboxylic acids is 1. The molecular weight excluding hydrogens is 218 g/mol. The Bertz CT molecular complexity index is 136. The molecule has 0 rings (SSSR count). The predicted octanol–water partition coefficient (Wildman–Crippen LogP) is 2.32. The molecule has 0 aromatic carbocycles. The van der Waals surface area contributed by atoms with Crippen molar-refractivity contribution in [2.24, 2.45) is 5.92 Å². The zero-order chi connectivity index (χ0) is 9.56. The molecular formula is C9H18BrNO. The summed E-state index contributed by atoms with van der Waals surface area (Å²) in [7, 11) is 0. The Morgan fingerprint density at radius 2 is 2.08 bits per heavy atom. The first-order valence-electron chi connectivity index (χ1n) is 4.49. The number of hydrogen-bond acceptors (Lipinski definition) is 1. The van der Waals surface area contributed by atoms with E-state index in [-0.39, 0.29) is 10.7 Å². The molecule has 0 radical (unpaired) electrons. The average molecular weight is 236 g/mol. The zero-order valence-corrected chi connectivity index (χ0v) is 9.65. The van der Waals surface area contributed by atoms with Gasteiger partial charge in [-0.3, -0.25) is 4.79 Å². The van der Waals surface area contributed by atoms with Gasteiger partial charge in [-0.05, 0) is 18.8 Å². The molecule has 2 nitrogen and oxygen atoms in total. The highest BCUT2D eigenvalue weighted by molar-refractivity contribution is 9.10. The Labute approximate surface area is 83.2 Å². The minimum atomic E-state index is -0.0235. The molecule has 0 spiro atoms. The van der Waals surface area contributed by atoms with E-state index >= 15 is 0 Å². The van der Waals surface area contributed by atoms with Crippen LogP contribution in [0.4, 0.5) is 0 Å². The van der Waals surface area contributed by atoms with Crippen LogP contribution in [0.1, 0.15) is 33.6 Å². The molecule has 0 unspecified atom stereocenters. The summed E-state index contributed by atoms with van der Waals surface area (Å²) in [6, 6.07) is 0. The lowest BCUT2D eigenvalue weighted by Crippen LogP contribution is -2.31. The van der Waals surface area contributed by atoms with E-state index in [1.165, 1.54) is 0 Å². The largest absolute Gasteiger partial charge is 0.355 e. The Balaban J connectivity index is 3.44. The van der Waals surface area contributed by atoms with E-state index in [0.717, 1.165) is 19.4 Å². The van der Waals surface area contributed by atoms with E-state index in [9.17, 15) is 4.79 Å². The molecule has 0 aliphatic heterocycles. The fraction of sp³-hybridized carbons (Fsp3) is 0.889. The van der Waals surface area contributed by atoms with Gasteiger partial charge >= 0.3 is 0 Å². The highest BCUT2D eigenvalue weighted by Crippen LogP contribution is 2.04. The van der Waals surface area contributed by atoms with E-state index in [1.807, 2.05) is 6.92 Å². The second-order valence-electron chi connectivity index (χ2n) is 3.35. The first-order valence-corrected chi connectivity index (χ1v) is 5.41. The van der Waals surface area contributed by atoms with Crippen molar-refractivity contribution in [1.29, 1.82) is 0 Å². The highest BCUT2D eigenvalue weighted by atomic mass is 79.9. The molecule has 0 bridgehead atoms. The zero-order valence-electron chi connectivity index (χ0n) is 8.06. The third-order valence-electron chi connectivity index (χ3n) is 1.66. The van der Waals surface area contributed by atoms with Gasteiger partial charge in [0.15, 0.2) is 0 Å². The molecule has 0 aliphatic rings. The van der Waals surface area contributed by atoms with Gasteiger partial charge < -0.3 is 5.32 Å². The van der Waals surface area contributed by atoms with Crippen molar-refractivity contribution in [3.05, 3.63) is 0 Å². The number of amides is 1. The normalized spacial score (nSPS) is 13.1. The maximum Gasteiger partial charge on any atom is 0.233 e. The third-order valence-corrected chi connectivity index (χ3v) is 2.73. The van der Waals surface area contributed by atoms with Gasteiger partial charge in [0.05, 0.1) is 4.83 Å². The van der Waals surface area contributed by atoms with Crippen molar-refractivity contribution >= 4 is 21.8 Å². The van der Waals surface area contributed by atoms with Crippen molar-refractivity contribution in [1.82, 2.24) is 5.32 Å². The standard InChI is InChI=1S/C9H18BrNO/c1-4-8(10)9(12)11-6-5-7(2)3/h7-8H,4-6H2,1-3H3,(H,11,12)/t8-/m0/s1. The van der Waals surface area contributed by atoms with Crippen LogP contribution in [0.3, 0.4) is 0 Å². The van der Waals surface area contributed by atoms with Gasteiger partial charge in [0, 0.05) is 6.54 Å². The molecule has 1 amide bonds. The smallest absolute Gasteiger partial charge is 0.233 e. The minimum Gasteiger partial charge on any atom is -0.355 e. The van der Waals surface area contributed by atoms with E-state index in [2.05, 4.69) is 35.1 Å². The first-order chi connectivity index (χ1) is 5.57. The second-order valence-corrected chi connectivity index (χ2v) is 4.45. The van der Waals surface area contributed by atoms with Crippen LogP contribution in [0.15, 0.2) is 0 Å². The lowest BCUT2D eigenvalue weighted by atomic mass is 10.1. The van der Waals surface area contributed by atoms with Gasteiger partial charge in [-0.2, -0.15) is 0 Å². The molecule has 0 saturated carbocycles. The Kier molecular flexibility index (Phi) is 6.44. The van der Waals surface area contributed by atoms with E-state index in [4.69, 9.17) is 0 Å². The maximum atomic E-state index is 11.2. The van der Waals surface area contributed by atoms with Crippen LogP contribution >= 0.6 is 15.9 Å². The Morgan fingerprint density at radius 3 is 2.50 bits per heavy atom. The van der Waals surface area contributed by atoms with Crippen LogP contribution in [0.25, 0.3) is 0 Å². The molecule has 12 heavy (non-hydrogen) atoms. The Morgan fingerprint density at radius 1 is 1.50 bits per heavy atom. The van der Waals surface area contributed by atoms with Crippen molar-refractivity contribution in [3.63, 3.8) is 0 Å². The monoisotopic (exact) mass is 235 g/mol. The molecule has 0 aromatic heterocycles. The molecule has 0 saturated heterocycles. The van der Waals surface area contributed by atoms with Crippen molar-refractivity contribution in [2.45, 2.75) is 38.4 Å². The molecule has 1 atom stereocenters. The predicted molar refractivity (Wildman–Crippen MR) is 55.5 cm³/mol. The number of hydrogen-bond donors (Lipinski definition) is 1. The van der Waals surface area contributed by atoms with Gasteiger partial charge in [-0.25, -0.2) is 0 Å². The molecule has 0 fully saturated rings. The summed E-state index contributed by atoms with van der Waals surface area (Å²) >= 11 is 3.30. The van der Waals surface area contributed by atoms with E-state index in [0.29, 0.717) is 5.92 Å². The van der Waals surface area contributed by atoms with Crippen molar-refractivity contribution in [2.75, 3.05) is 6.54 Å². The quantitative estimate of drug-likeness (QED) is 0.729. The van der Waals surface area contributed by atoms with Crippen LogP contribution < -0.4 is 5.32 Å². The van der Waals surface area contributed by atoms with Crippen LogP contribution in [0.2, 0.25) is 0 Å². The molecule has 72 valence electrons. The molecule has 1 N–H and O–H groups in total. The first kappa shape index (κ1) is 11.9. The summed E-state index contributed by atoms with van der Waals surface area (Å²) < 4.78 is 0. The van der Waals surface area contributed by atoms with Gasteiger partial charge in [-0.1, -0.05) is 36.7 Å². The highest BCUT2D eigenvalue weighted by Gasteiger charge is 2.10. The fourth-order valence-corrected chi connectivity index (χ4v) is 0.942. The lowest BCUT2D eigenvalue weighted by molar-refractivity contribution is -0.120. The average Bonchev–Trinajstić information content (AvgIpc) is 2.02. The SMILES string of the molecule is CC[C@H](Br)C(=O)NCCC(C)C. The number of nitrogens with one attached hydrogen (secondary N) is 1. The maximum absolute atomic E-state index is 11.2. The summed E-state index contributed by atoms with van der Waals surface area (Å²) in [6.45, 7) is 7.08. The summed E-state index contributed by atoms with van der Waals surface area (Å²) in [5.74, 6) is 0.763. The molecule has 3 heteroatoms.